The second-order valence-electron chi connectivity index (χ2n) is 42.0. The van der Waals surface area contributed by atoms with E-state index in [-0.39, 0.29) is 53.1 Å². The van der Waals surface area contributed by atoms with E-state index in [2.05, 4.69) is 201 Å². The summed E-state index contributed by atoms with van der Waals surface area (Å²) in [5.74, 6) is 4.95. The lowest BCUT2D eigenvalue weighted by molar-refractivity contribution is -0.133. The highest BCUT2D eigenvalue weighted by Gasteiger charge is 2.55. The Labute approximate surface area is 852 Å². The van der Waals surface area contributed by atoms with Gasteiger partial charge in [-0.1, -0.05) is 116 Å². The van der Waals surface area contributed by atoms with Crippen LogP contribution in [0, 0.1) is 22.2 Å². The second-order valence-corrected chi connectivity index (χ2v) is 42.0. The molecule has 0 N–H and O–H groups in total. The number of carbonyl (C=O) groups excluding carboxylic acids is 6. The average molecular weight is 1960 g/mol. The first kappa shape index (κ1) is 96.4. The highest BCUT2D eigenvalue weighted by Crippen LogP contribution is 2.49. The fourth-order valence-electron chi connectivity index (χ4n) is 23.2. The van der Waals surface area contributed by atoms with Gasteiger partial charge in [-0.3, -0.25) is 72.5 Å². The minimum Gasteiger partial charge on any atom is -0.475 e. The predicted molar refractivity (Wildman–Crippen MR) is 563 cm³/mol. The molecule has 1 aliphatic carbocycles. The van der Waals surface area contributed by atoms with Crippen molar-refractivity contribution in [3.8, 4) is 45.9 Å². The third kappa shape index (κ3) is 20.0. The van der Waals surface area contributed by atoms with E-state index in [0.717, 1.165) is 206 Å². The summed E-state index contributed by atoms with van der Waals surface area (Å²) >= 11 is 0. The lowest BCUT2D eigenvalue weighted by atomic mass is 9.85. The fraction of sp³-hybridized carbons (Fsp3) is 0.417. The number of pyridine rings is 2. The molecule has 31 nitrogen and oxygen atoms in total. The molecule has 12 aliphatic heterocycles. The molecule has 24 rings (SSSR count). The minimum absolute atomic E-state index is 0.0575. The van der Waals surface area contributed by atoms with Gasteiger partial charge in [-0.05, 0) is 230 Å². The van der Waals surface area contributed by atoms with Gasteiger partial charge in [0.1, 0.15) is 19.0 Å². The van der Waals surface area contributed by atoms with Crippen molar-refractivity contribution in [3.63, 3.8) is 0 Å². The topological polar surface area (TPSA) is 305 Å². The van der Waals surface area contributed by atoms with Crippen LogP contribution < -0.4 is 24.2 Å². The molecule has 1 saturated carbocycles. The lowest BCUT2D eigenvalue weighted by Crippen LogP contribution is -2.43. The molecule has 17 heterocycles. The maximum atomic E-state index is 14.1. The molecule has 3 atom stereocenters. The van der Waals surface area contributed by atoms with Gasteiger partial charge in [-0.25, -0.2) is 24.9 Å². The smallest absolute Gasteiger partial charge is 0.237 e. The summed E-state index contributed by atoms with van der Waals surface area (Å²) in [6, 6.07) is 51.8. The largest absolute Gasteiger partial charge is 0.475 e. The number of likely N-dealkylation sites (tertiary alicyclic amines) is 3. The summed E-state index contributed by atoms with van der Waals surface area (Å²) in [5, 5.41) is 13.5. The summed E-state index contributed by atoms with van der Waals surface area (Å²) in [6.07, 6.45) is 26.3. The second kappa shape index (κ2) is 40.9. The van der Waals surface area contributed by atoms with E-state index in [4.69, 9.17) is 24.5 Å². The first-order chi connectivity index (χ1) is 71.0. The Bertz CT molecular complexity index is 7030. The van der Waals surface area contributed by atoms with Crippen LogP contribution in [0.5, 0.6) is 11.8 Å². The van der Waals surface area contributed by atoms with Gasteiger partial charge in [-0.15, -0.1) is 0 Å². The van der Waals surface area contributed by atoms with Crippen molar-refractivity contribution >= 4 is 86.4 Å². The molecule has 13 aliphatic rings. The van der Waals surface area contributed by atoms with Crippen LogP contribution in [-0.4, -0.2) is 266 Å². The highest BCUT2D eigenvalue weighted by atomic mass is 16.5. The van der Waals surface area contributed by atoms with Crippen molar-refractivity contribution in [1.82, 2.24) is 83.7 Å². The van der Waals surface area contributed by atoms with Gasteiger partial charge in [0.05, 0.1) is 79.1 Å². The van der Waals surface area contributed by atoms with E-state index in [1.807, 2.05) is 123 Å². The zero-order valence-electron chi connectivity index (χ0n) is 84.6. The summed E-state index contributed by atoms with van der Waals surface area (Å²) < 4.78 is 16.8. The monoisotopic (exact) mass is 1960 g/mol. The fourth-order valence-corrected chi connectivity index (χ4v) is 23.2. The molecular formula is C115H127N23O8. The predicted octanol–water partition coefficient (Wildman–Crippen LogP) is 14.8. The van der Waals surface area contributed by atoms with Crippen LogP contribution in [-0.2, 0) is 68.5 Å². The molecule has 11 aromatic rings. The van der Waals surface area contributed by atoms with Gasteiger partial charge in [0, 0.05) is 196 Å². The Balaban J connectivity index is 0.000000125. The van der Waals surface area contributed by atoms with Gasteiger partial charge in [-0.2, -0.15) is 15.3 Å². The first-order valence-electron chi connectivity index (χ1n) is 52.3. The van der Waals surface area contributed by atoms with Crippen LogP contribution in [0.2, 0.25) is 0 Å². The Morgan fingerprint density at radius 3 is 1.10 bits per heavy atom. The van der Waals surface area contributed by atoms with E-state index in [0.29, 0.717) is 122 Å². The third-order valence-corrected chi connectivity index (χ3v) is 31.5. The zero-order chi connectivity index (χ0) is 100. The van der Waals surface area contributed by atoms with Crippen molar-refractivity contribution < 1.29 is 38.2 Å². The number of aryl methyl sites for hydroxylation is 3. The van der Waals surface area contributed by atoms with Crippen LogP contribution in [0.25, 0.3) is 50.9 Å². The molecule has 0 bridgehead atoms. The van der Waals surface area contributed by atoms with Crippen LogP contribution in [0.3, 0.4) is 0 Å². The molecule has 146 heavy (non-hydrogen) atoms. The Morgan fingerprint density at radius 2 is 0.747 bits per heavy atom. The number of aliphatic imine (C=N–C) groups is 3. The van der Waals surface area contributed by atoms with E-state index < -0.39 is 10.8 Å². The number of hydrogen-bond donors (Lipinski definition) is 0. The number of carbonyl (C=O) groups is 6. The number of benzene rings is 6. The number of nitrogens with zero attached hydrogens (tertiary/aromatic N) is 23. The zero-order valence-corrected chi connectivity index (χ0v) is 84.6. The molecule has 0 radical (unpaired) electrons. The van der Waals surface area contributed by atoms with Crippen molar-refractivity contribution in [2.75, 3.05) is 133 Å². The third-order valence-electron chi connectivity index (χ3n) is 31.5. The lowest BCUT2D eigenvalue weighted by Gasteiger charge is -2.29. The molecule has 5 aromatic heterocycles. The number of ether oxygens (including phenoxy) is 2. The summed E-state index contributed by atoms with van der Waals surface area (Å²) in [5.41, 5.74) is 23.7. The van der Waals surface area contributed by atoms with Gasteiger partial charge < -0.3 is 38.9 Å². The number of amides is 6. The summed E-state index contributed by atoms with van der Waals surface area (Å²) in [6.45, 7) is 27.0. The molecule has 7 fully saturated rings. The van der Waals surface area contributed by atoms with Gasteiger partial charge in [0.25, 0.3) is 0 Å². The maximum Gasteiger partial charge on any atom is 0.237 e. The van der Waals surface area contributed by atoms with Gasteiger partial charge in [0.2, 0.25) is 47.2 Å². The van der Waals surface area contributed by atoms with E-state index >= 15 is 0 Å². The Kier molecular flexibility index (Phi) is 27.0. The summed E-state index contributed by atoms with van der Waals surface area (Å²) in [4.78, 5) is 137. The SMILES string of the molecule is CCCn1cnc(-c2ccc(C3=CCN(C(=O)CN4CC[C@]5(CCN(c6ccc7c(c6)C(c6ccc(OC(C)C)nc6)=NC7)C5=O)C4)CC3)cc2)n1.CCn1cnc(-c2ccc(C3=CCN(C(=O)CN4CC[C@]5(CCN(c6ccc7c(c6)C(c6ccc(OC(C)C)nc6)=NC7)C5=O)C4)CC3)cc2)n1.Cn1cnc(-c2ccc(C3=CCN(C(=O)CN4CC[C@]5(CCN(c6ccc7c(c6)C(C6CC6)=NC7)C5=O)C4)CC3)cc2)n1. The van der Waals surface area contributed by atoms with Crippen molar-refractivity contribution in [3.05, 3.63) is 262 Å². The number of anilines is 3. The summed E-state index contributed by atoms with van der Waals surface area (Å²) in [7, 11) is 1.87. The van der Waals surface area contributed by atoms with Gasteiger partial charge in [0.15, 0.2) is 17.5 Å². The normalized spacial score (nSPS) is 21.3. The van der Waals surface area contributed by atoms with E-state index in [9.17, 15) is 28.8 Å². The molecule has 3 spiro atoms. The standard InChI is InChI=1S/C41H46N8O3.C40H44N8O3.C34H37N7O2/c1-4-17-48-27-44-39(45-48)31-7-5-29(6-8-31)30-13-18-47(19-14-30)37(50)25-46-20-15-41(26-46)16-21-49(40(41)51)34-11-9-32-23-43-38(35(32)22-34)33-10-12-36(42-24-33)52-28(2)3;1-4-47-26-43-38(44-47)30-7-5-28(6-8-30)29-13-17-46(18-14-29)36(49)24-45-19-15-40(25-45)16-20-48(39(40)50)33-11-9-31-22-42-37(34(31)21-33)32-10-12-35(41-23-32)51-27(2)3;1-38-22-36-32(37-38)26-6-2-23(3-7-26)24-10-14-40(15-11-24)30(42)20-39-16-12-34(21-39)13-17-41(33(34)43)28-9-8-27-19-35-31(25-4-5-25)29(27)18-28/h5-13,22,24,27-28H,4,14-21,23,25-26H2,1-3H3;5-13,21,23,26-27H,4,14-20,22,24-25H2,1-3H3;2-3,6-10,18,22,25H,4-5,11-17,19-21H2,1H3/t41-;40-;34-/m000/s1. The van der Waals surface area contributed by atoms with Crippen LogP contribution in [0.4, 0.5) is 17.1 Å². The van der Waals surface area contributed by atoms with Crippen molar-refractivity contribution in [2.45, 2.75) is 164 Å². The number of fused-ring (bicyclic) bond motifs is 3. The average Bonchev–Trinajstić information content (AvgIpc) is 1.60. The highest BCUT2D eigenvalue weighted by molar-refractivity contribution is 6.17. The van der Waals surface area contributed by atoms with Crippen LogP contribution in [0.15, 0.2) is 216 Å². The van der Waals surface area contributed by atoms with Crippen molar-refractivity contribution in [1.29, 1.82) is 0 Å². The molecule has 31 heteroatoms. The Hall–Kier alpha value is -14.4. The van der Waals surface area contributed by atoms with Gasteiger partial charge >= 0.3 is 0 Å². The van der Waals surface area contributed by atoms with Crippen molar-refractivity contribution in [2.24, 2.45) is 44.2 Å². The molecule has 0 unspecified atom stereocenters. The number of rotatable bonds is 25. The van der Waals surface area contributed by atoms with Crippen LogP contribution >= 0.6 is 0 Å². The molecule has 750 valence electrons. The molecule has 6 amide bonds. The quantitative estimate of drug-likeness (QED) is 0.0513. The van der Waals surface area contributed by atoms with Crippen LogP contribution in [0.1, 0.15) is 180 Å². The maximum absolute atomic E-state index is 14.1. The van der Waals surface area contributed by atoms with E-state index in [1.165, 1.54) is 63.1 Å². The minimum atomic E-state index is -0.447. The number of aromatic nitrogens is 11. The van der Waals surface area contributed by atoms with E-state index in [1.54, 1.807) is 23.7 Å². The molecule has 6 saturated heterocycles. The molecule has 6 aromatic carbocycles. The first-order valence-corrected chi connectivity index (χ1v) is 52.3. The number of hydrogen-bond acceptors (Lipinski definition) is 22. The Morgan fingerprint density at radius 1 is 0.390 bits per heavy atom. The molecular weight excluding hydrogens is 1830 g/mol.